The molecule has 2 rings (SSSR count). The van der Waals surface area contributed by atoms with Crippen LogP contribution in [0.3, 0.4) is 0 Å². The van der Waals surface area contributed by atoms with Crippen molar-refractivity contribution in [3.05, 3.63) is 24.0 Å². The van der Waals surface area contributed by atoms with Crippen LogP contribution in [0.1, 0.15) is 31.4 Å². The predicted molar refractivity (Wildman–Crippen MR) is 66.0 cm³/mol. The van der Waals surface area contributed by atoms with E-state index in [1.807, 2.05) is 6.07 Å². The van der Waals surface area contributed by atoms with Gasteiger partial charge in [-0.1, -0.05) is 12.8 Å². The van der Waals surface area contributed by atoms with Gasteiger partial charge < -0.3 is 10.4 Å². The van der Waals surface area contributed by atoms with Gasteiger partial charge in [-0.2, -0.15) is 5.26 Å². The van der Waals surface area contributed by atoms with Crippen LogP contribution in [-0.4, -0.2) is 22.6 Å². The van der Waals surface area contributed by atoms with Gasteiger partial charge in [0, 0.05) is 12.7 Å². The summed E-state index contributed by atoms with van der Waals surface area (Å²) in [5, 5.41) is 21.3. The van der Waals surface area contributed by atoms with Crippen LogP contribution in [0.5, 0.6) is 0 Å². The molecule has 0 saturated heterocycles. The number of hydrogen-bond donors (Lipinski definition) is 2. The maximum atomic E-state index is 11.4. The lowest BCUT2D eigenvalue weighted by atomic mass is 9.86. The van der Waals surface area contributed by atoms with Gasteiger partial charge in [0.1, 0.15) is 6.07 Å². The Labute approximate surface area is 105 Å². The number of aromatic nitrogens is 1. The highest BCUT2D eigenvalue weighted by Crippen LogP contribution is 2.38. The molecule has 0 atom stereocenters. The molecule has 0 aliphatic heterocycles. The number of rotatable bonds is 4. The topological polar surface area (TPSA) is 86.0 Å². The monoisotopic (exact) mass is 245 g/mol. The zero-order valence-corrected chi connectivity index (χ0v) is 10.0. The van der Waals surface area contributed by atoms with Crippen LogP contribution >= 0.6 is 0 Å². The lowest BCUT2D eigenvalue weighted by Gasteiger charge is -2.24. The molecule has 0 unspecified atom stereocenters. The number of carboxylic acids is 1. The van der Waals surface area contributed by atoms with Gasteiger partial charge in [-0.15, -0.1) is 0 Å². The van der Waals surface area contributed by atoms with Crippen molar-refractivity contribution in [3.8, 4) is 6.07 Å². The normalized spacial score (nSPS) is 17.1. The largest absolute Gasteiger partial charge is 0.481 e. The third-order valence-electron chi connectivity index (χ3n) is 3.55. The number of aliphatic carboxylic acids is 1. The molecule has 0 spiro atoms. The van der Waals surface area contributed by atoms with Crippen molar-refractivity contribution in [2.45, 2.75) is 25.7 Å². The Hall–Kier alpha value is -2.09. The van der Waals surface area contributed by atoms with Crippen LogP contribution in [0, 0.1) is 16.7 Å². The number of hydrogen-bond acceptors (Lipinski definition) is 4. The Bertz CT molecular complexity index is 487. The van der Waals surface area contributed by atoms with Crippen molar-refractivity contribution in [1.29, 1.82) is 5.26 Å². The minimum atomic E-state index is -0.755. The number of nitrogens with zero attached hydrogens (tertiary/aromatic N) is 2. The fourth-order valence-corrected chi connectivity index (χ4v) is 2.42. The van der Waals surface area contributed by atoms with Gasteiger partial charge in [0.2, 0.25) is 0 Å². The minimum Gasteiger partial charge on any atom is -0.481 e. The van der Waals surface area contributed by atoms with E-state index in [4.69, 9.17) is 5.26 Å². The summed E-state index contributed by atoms with van der Waals surface area (Å²) in [5.74, 6) is -0.755. The molecule has 1 aliphatic carbocycles. The van der Waals surface area contributed by atoms with E-state index in [9.17, 15) is 9.90 Å². The summed E-state index contributed by atoms with van der Waals surface area (Å²) in [6, 6.07) is 5.47. The molecule has 1 heterocycles. The quantitative estimate of drug-likeness (QED) is 0.847. The van der Waals surface area contributed by atoms with Gasteiger partial charge in [-0.3, -0.25) is 4.79 Å². The number of carbonyl (C=O) groups is 1. The number of carboxylic acid groups (broad SMARTS) is 1. The SMILES string of the molecule is N#Cc1ncccc1NCC1(C(=O)O)CCCC1. The maximum absolute atomic E-state index is 11.4. The Morgan fingerprint density at radius 1 is 1.56 bits per heavy atom. The maximum Gasteiger partial charge on any atom is 0.311 e. The first kappa shape index (κ1) is 12.4. The molecule has 0 aromatic carbocycles. The van der Waals surface area contributed by atoms with Crippen LogP contribution in [0.25, 0.3) is 0 Å². The Morgan fingerprint density at radius 3 is 2.89 bits per heavy atom. The Balaban J connectivity index is 2.11. The smallest absolute Gasteiger partial charge is 0.311 e. The summed E-state index contributed by atoms with van der Waals surface area (Å²) in [6.45, 7) is 0.350. The zero-order chi connectivity index (χ0) is 13.0. The molecule has 5 nitrogen and oxygen atoms in total. The standard InChI is InChI=1S/C13H15N3O2/c14-8-11-10(4-3-7-15-11)16-9-13(12(17)18)5-1-2-6-13/h3-4,7,16H,1-2,5-6,9H2,(H,17,18). The lowest BCUT2D eigenvalue weighted by molar-refractivity contribution is -0.147. The number of anilines is 1. The van der Waals surface area contributed by atoms with Gasteiger partial charge in [0.05, 0.1) is 11.1 Å². The molecular formula is C13H15N3O2. The molecule has 5 heteroatoms. The summed E-state index contributed by atoms with van der Waals surface area (Å²) in [7, 11) is 0. The molecule has 1 aromatic heterocycles. The fourth-order valence-electron chi connectivity index (χ4n) is 2.42. The van der Waals surface area contributed by atoms with Crippen molar-refractivity contribution in [1.82, 2.24) is 4.98 Å². The van der Waals surface area contributed by atoms with Gasteiger partial charge in [-0.05, 0) is 25.0 Å². The second-order valence-corrected chi connectivity index (χ2v) is 4.66. The van der Waals surface area contributed by atoms with E-state index in [0.29, 0.717) is 30.8 Å². The molecule has 2 N–H and O–H groups in total. The first-order valence-electron chi connectivity index (χ1n) is 6.00. The highest BCUT2D eigenvalue weighted by Gasteiger charge is 2.41. The molecule has 0 amide bonds. The van der Waals surface area contributed by atoms with E-state index in [-0.39, 0.29) is 0 Å². The third kappa shape index (κ3) is 2.28. The van der Waals surface area contributed by atoms with Crippen molar-refractivity contribution < 1.29 is 9.90 Å². The zero-order valence-electron chi connectivity index (χ0n) is 10.0. The highest BCUT2D eigenvalue weighted by atomic mass is 16.4. The average molecular weight is 245 g/mol. The Kier molecular flexibility index (Phi) is 3.47. The van der Waals surface area contributed by atoms with Crippen LogP contribution in [0.15, 0.2) is 18.3 Å². The van der Waals surface area contributed by atoms with Crippen LogP contribution < -0.4 is 5.32 Å². The minimum absolute atomic E-state index is 0.302. The molecule has 0 bridgehead atoms. The van der Waals surface area contributed by atoms with Crippen molar-refractivity contribution in [2.24, 2.45) is 5.41 Å². The van der Waals surface area contributed by atoms with Gasteiger partial charge in [0.15, 0.2) is 5.69 Å². The van der Waals surface area contributed by atoms with Gasteiger partial charge >= 0.3 is 5.97 Å². The summed E-state index contributed by atoms with van der Waals surface area (Å²) in [5.41, 5.74) is 0.214. The third-order valence-corrected chi connectivity index (χ3v) is 3.55. The second kappa shape index (κ2) is 5.05. The molecular weight excluding hydrogens is 230 g/mol. The van der Waals surface area contributed by atoms with Crippen molar-refractivity contribution in [3.63, 3.8) is 0 Å². The molecule has 1 aromatic rings. The van der Waals surface area contributed by atoms with E-state index in [2.05, 4.69) is 10.3 Å². The van der Waals surface area contributed by atoms with Gasteiger partial charge in [0.25, 0.3) is 0 Å². The molecule has 1 saturated carbocycles. The molecule has 1 fully saturated rings. The number of nitrogens with one attached hydrogen (secondary N) is 1. The van der Waals surface area contributed by atoms with Gasteiger partial charge in [-0.25, -0.2) is 4.98 Å². The van der Waals surface area contributed by atoms with Crippen molar-refractivity contribution in [2.75, 3.05) is 11.9 Å². The fraction of sp³-hybridized carbons (Fsp3) is 0.462. The molecule has 94 valence electrons. The van der Waals surface area contributed by atoms with E-state index in [1.165, 1.54) is 0 Å². The Morgan fingerprint density at radius 2 is 2.28 bits per heavy atom. The summed E-state index contributed by atoms with van der Waals surface area (Å²) in [4.78, 5) is 15.3. The average Bonchev–Trinajstić information content (AvgIpc) is 2.87. The molecule has 1 aliphatic rings. The molecule has 0 radical (unpaired) electrons. The summed E-state index contributed by atoms with van der Waals surface area (Å²) < 4.78 is 0. The second-order valence-electron chi connectivity index (χ2n) is 4.66. The van der Waals surface area contributed by atoms with Crippen LogP contribution in [-0.2, 0) is 4.79 Å². The summed E-state index contributed by atoms with van der Waals surface area (Å²) >= 11 is 0. The first-order valence-corrected chi connectivity index (χ1v) is 6.00. The van der Waals surface area contributed by atoms with Crippen LogP contribution in [0.4, 0.5) is 5.69 Å². The first-order chi connectivity index (χ1) is 8.68. The van der Waals surface area contributed by atoms with Crippen molar-refractivity contribution >= 4 is 11.7 Å². The number of pyridine rings is 1. The van der Waals surface area contributed by atoms with E-state index < -0.39 is 11.4 Å². The van der Waals surface area contributed by atoms with E-state index >= 15 is 0 Å². The summed E-state index contributed by atoms with van der Waals surface area (Å²) in [6.07, 6.45) is 4.83. The van der Waals surface area contributed by atoms with E-state index in [1.54, 1.807) is 18.3 Å². The lowest BCUT2D eigenvalue weighted by Crippen LogP contribution is -2.35. The molecule has 18 heavy (non-hydrogen) atoms. The highest BCUT2D eigenvalue weighted by molar-refractivity contribution is 5.76. The van der Waals surface area contributed by atoms with Crippen LogP contribution in [0.2, 0.25) is 0 Å². The number of nitriles is 1. The predicted octanol–water partition coefficient (Wildman–Crippen LogP) is 2.01. The van der Waals surface area contributed by atoms with E-state index in [0.717, 1.165) is 12.8 Å².